The van der Waals surface area contributed by atoms with Gasteiger partial charge in [-0.15, -0.1) is 34.2 Å². The van der Waals surface area contributed by atoms with E-state index in [2.05, 4.69) is 48.5 Å². The number of halogens is 1. The van der Waals surface area contributed by atoms with Crippen LogP contribution in [0.2, 0.25) is 0 Å². The largest absolute Gasteiger partial charge is 0.357 e. The molecule has 0 aliphatic carbocycles. The van der Waals surface area contributed by atoms with Crippen molar-refractivity contribution in [2.24, 2.45) is 12.0 Å². The number of aliphatic imine (C=N–C) groups is 1. The van der Waals surface area contributed by atoms with Crippen molar-refractivity contribution in [3.8, 4) is 0 Å². The van der Waals surface area contributed by atoms with Crippen molar-refractivity contribution >= 4 is 46.6 Å². The molecule has 9 nitrogen and oxygen atoms in total. The maximum absolute atomic E-state index is 4.76. The molecule has 0 spiro atoms. The highest BCUT2D eigenvalue weighted by Crippen LogP contribution is 2.19. The molecule has 2 aromatic heterocycles. The molecule has 2 aromatic rings. The Kier molecular flexibility index (Phi) is 8.20. The van der Waals surface area contributed by atoms with Crippen molar-refractivity contribution in [3.05, 3.63) is 17.5 Å². The zero-order valence-electron chi connectivity index (χ0n) is 16.3. The van der Waals surface area contributed by atoms with E-state index in [1.807, 2.05) is 18.5 Å². The van der Waals surface area contributed by atoms with Crippen LogP contribution in [0.25, 0.3) is 0 Å². The van der Waals surface area contributed by atoms with Crippen LogP contribution < -0.4 is 10.2 Å². The fraction of sp³-hybridized carbons (Fsp3) is 0.688. The summed E-state index contributed by atoms with van der Waals surface area (Å²) in [5.41, 5.74) is 0. The topological polar surface area (TPSA) is 87.4 Å². The Hall–Kier alpha value is -1.50. The van der Waals surface area contributed by atoms with Crippen LogP contribution in [0.15, 0.2) is 4.99 Å². The van der Waals surface area contributed by atoms with Crippen LogP contribution >= 0.6 is 35.5 Å². The molecule has 11 heteroatoms. The molecule has 0 aromatic carbocycles. The number of aromatic nitrogens is 5. The fourth-order valence-corrected chi connectivity index (χ4v) is 3.59. The molecule has 1 saturated heterocycles. The number of hydrogen-bond donors (Lipinski definition) is 1. The standard InChI is InChI=1S/C16H27N9S.HI/c1-5-13-19-16(26-22-13)25-9-7-24(8-10-25)15(17-6-2)18-11-14-21-20-12(3)23(14)4;/h5-11H2,1-4H3,(H,17,18);1H. The van der Waals surface area contributed by atoms with Crippen LogP contribution in [0, 0.1) is 6.92 Å². The Morgan fingerprint density at radius 3 is 2.48 bits per heavy atom. The minimum absolute atomic E-state index is 0. The molecule has 0 unspecified atom stereocenters. The van der Waals surface area contributed by atoms with E-state index in [0.717, 1.165) is 67.7 Å². The lowest BCUT2D eigenvalue weighted by Crippen LogP contribution is -2.52. The molecule has 0 radical (unpaired) electrons. The summed E-state index contributed by atoms with van der Waals surface area (Å²) in [4.78, 5) is 14.0. The van der Waals surface area contributed by atoms with E-state index in [1.165, 1.54) is 11.5 Å². The van der Waals surface area contributed by atoms with Crippen LogP contribution in [0.1, 0.15) is 31.3 Å². The first-order chi connectivity index (χ1) is 12.6. The normalized spacial score (nSPS) is 15.0. The predicted molar refractivity (Wildman–Crippen MR) is 119 cm³/mol. The van der Waals surface area contributed by atoms with Gasteiger partial charge in [-0.3, -0.25) is 0 Å². The molecular formula is C16H28IN9S. The molecular weight excluding hydrogens is 477 g/mol. The smallest absolute Gasteiger partial charge is 0.205 e. The Morgan fingerprint density at radius 2 is 1.93 bits per heavy atom. The van der Waals surface area contributed by atoms with Crippen molar-refractivity contribution in [3.63, 3.8) is 0 Å². The molecule has 3 rings (SSSR count). The molecule has 150 valence electrons. The zero-order valence-corrected chi connectivity index (χ0v) is 19.5. The van der Waals surface area contributed by atoms with Gasteiger partial charge in [-0.25, -0.2) is 9.98 Å². The highest BCUT2D eigenvalue weighted by Gasteiger charge is 2.22. The van der Waals surface area contributed by atoms with Crippen molar-refractivity contribution in [1.82, 2.24) is 34.3 Å². The number of hydrogen-bond acceptors (Lipinski definition) is 7. The van der Waals surface area contributed by atoms with Gasteiger partial charge in [0.2, 0.25) is 5.13 Å². The van der Waals surface area contributed by atoms with Gasteiger partial charge in [0.1, 0.15) is 18.2 Å². The van der Waals surface area contributed by atoms with Crippen LogP contribution in [-0.4, -0.2) is 67.7 Å². The quantitative estimate of drug-likeness (QED) is 0.374. The van der Waals surface area contributed by atoms with E-state index < -0.39 is 0 Å². The van der Waals surface area contributed by atoms with Gasteiger partial charge >= 0.3 is 0 Å². The molecule has 0 bridgehead atoms. The highest BCUT2D eigenvalue weighted by molar-refractivity contribution is 14.0. The number of anilines is 1. The van der Waals surface area contributed by atoms with Gasteiger partial charge in [0.05, 0.1) is 0 Å². The van der Waals surface area contributed by atoms with Crippen molar-refractivity contribution in [1.29, 1.82) is 0 Å². The SMILES string of the molecule is CCNC(=NCc1nnc(C)n1C)N1CCN(c2nc(CC)ns2)CC1.I. The van der Waals surface area contributed by atoms with E-state index >= 15 is 0 Å². The lowest BCUT2D eigenvalue weighted by atomic mass is 10.3. The van der Waals surface area contributed by atoms with Gasteiger partial charge < -0.3 is 19.7 Å². The average Bonchev–Trinajstić information content (AvgIpc) is 3.27. The molecule has 0 saturated carbocycles. The van der Waals surface area contributed by atoms with E-state index in [1.54, 1.807) is 0 Å². The van der Waals surface area contributed by atoms with Gasteiger partial charge in [0.15, 0.2) is 11.8 Å². The second-order valence-corrected chi connectivity index (χ2v) is 6.94. The first kappa shape index (κ1) is 21.8. The van der Waals surface area contributed by atoms with Gasteiger partial charge in [-0.05, 0) is 13.8 Å². The summed E-state index contributed by atoms with van der Waals surface area (Å²) in [5, 5.41) is 12.7. The third-order valence-corrected chi connectivity index (χ3v) is 5.33. The molecule has 3 heterocycles. The molecule has 0 atom stereocenters. The highest BCUT2D eigenvalue weighted by atomic mass is 127. The lowest BCUT2D eigenvalue weighted by Gasteiger charge is -2.36. The molecule has 1 fully saturated rings. The first-order valence-electron chi connectivity index (χ1n) is 9.08. The maximum Gasteiger partial charge on any atom is 0.205 e. The summed E-state index contributed by atoms with van der Waals surface area (Å²) >= 11 is 1.49. The molecule has 1 aliphatic heterocycles. The van der Waals surface area contributed by atoms with Crippen LogP contribution in [0.5, 0.6) is 0 Å². The van der Waals surface area contributed by atoms with E-state index in [0.29, 0.717) is 6.54 Å². The second kappa shape index (κ2) is 10.2. The summed E-state index contributed by atoms with van der Waals surface area (Å²) in [5.74, 6) is 3.63. The molecule has 27 heavy (non-hydrogen) atoms. The number of nitrogens with one attached hydrogen (secondary N) is 1. The predicted octanol–water partition coefficient (Wildman–Crippen LogP) is 1.44. The van der Waals surface area contributed by atoms with E-state index in [-0.39, 0.29) is 24.0 Å². The van der Waals surface area contributed by atoms with Gasteiger partial charge in [-0.2, -0.15) is 4.37 Å². The van der Waals surface area contributed by atoms with Crippen molar-refractivity contribution < 1.29 is 0 Å². The summed E-state index contributed by atoms with van der Waals surface area (Å²) < 4.78 is 6.37. The zero-order chi connectivity index (χ0) is 18.5. The molecule has 1 aliphatic rings. The number of guanidine groups is 1. The first-order valence-corrected chi connectivity index (χ1v) is 9.85. The van der Waals surface area contributed by atoms with Gasteiger partial charge in [0.25, 0.3) is 0 Å². The van der Waals surface area contributed by atoms with Gasteiger partial charge in [-0.1, -0.05) is 6.92 Å². The second-order valence-electron chi connectivity index (χ2n) is 6.21. The van der Waals surface area contributed by atoms with Crippen LogP contribution in [-0.2, 0) is 20.0 Å². The Balaban J connectivity index is 0.00000261. The minimum Gasteiger partial charge on any atom is -0.357 e. The van der Waals surface area contributed by atoms with Crippen molar-refractivity contribution in [2.45, 2.75) is 33.7 Å². The van der Waals surface area contributed by atoms with Crippen LogP contribution in [0.3, 0.4) is 0 Å². The molecule has 1 N–H and O–H groups in total. The Labute approximate surface area is 181 Å². The third kappa shape index (κ3) is 5.27. The van der Waals surface area contributed by atoms with E-state index in [9.17, 15) is 0 Å². The van der Waals surface area contributed by atoms with E-state index in [4.69, 9.17) is 4.99 Å². The summed E-state index contributed by atoms with van der Waals surface area (Å²) in [7, 11) is 1.97. The maximum atomic E-state index is 4.76. The third-order valence-electron chi connectivity index (χ3n) is 4.51. The average molecular weight is 505 g/mol. The fourth-order valence-electron chi connectivity index (χ4n) is 2.79. The number of piperazine rings is 1. The Morgan fingerprint density at radius 1 is 1.19 bits per heavy atom. The summed E-state index contributed by atoms with van der Waals surface area (Å²) in [6.45, 7) is 11.1. The minimum atomic E-state index is 0. The van der Waals surface area contributed by atoms with Gasteiger partial charge in [0, 0.05) is 57.7 Å². The van der Waals surface area contributed by atoms with Crippen LogP contribution in [0.4, 0.5) is 5.13 Å². The lowest BCUT2D eigenvalue weighted by molar-refractivity contribution is 0.372. The summed E-state index contributed by atoms with van der Waals surface area (Å²) in [6.07, 6.45) is 0.884. The Bertz CT molecular complexity index is 749. The molecule has 0 amide bonds. The number of aryl methyl sites for hydroxylation is 2. The van der Waals surface area contributed by atoms with Crippen molar-refractivity contribution in [2.75, 3.05) is 37.6 Å². The monoisotopic (exact) mass is 505 g/mol. The summed E-state index contributed by atoms with van der Waals surface area (Å²) in [6, 6.07) is 0. The number of rotatable bonds is 5. The number of nitrogens with zero attached hydrogens (tertiary/aromatic N) is 8.